The van der Waals surface area contributed by atoms with Crippen LogP contribution in [0.15, 0.2) is 36.4 Å². The molecule has 1 N–H and O–H groups in total. The van der Waals surface area contributed by atoms with Crippen LogP contribution in [0, 0.1) is 12.8 Å². The second kappa shape index (κ2) is 7.18. The van der Waals surface area contributed by atoms with Crippen LogP contribution in [0.2, 0.25) is 0 Å². The van der Waals surface area contributed by atoms with Crippen molar-refractivity contribution in [3.05, 3.63) is 47.5 Å². The van der Waals surface area contributed by atoms with Crippen molar-refractivity contribution >= 4 is 11.9 Å². The molecule has 2 aliphatic rings. The molecular formula is C19H24N2O3. The zero-order valence-electron chi connectivity index (χ0n) is 14.0. The summed E-state index contributed by atoms with van der Waals surface area (Å²) in [6.45, 7) is 4.36. The average molecular weight is 328 g/mol. The van der Waals surface area contributed by atoms with Crippen molar-refractivity contribution in [3.63, 3.8) is 0 Å². The number of nitrogens with zero attached hydrogens (tertiary/aromatic N) is 2. The van der Waals surface area contributed by atoms with Crippen LogP contribution in [-0.2, 0) is 9.59 Å². The van der Waals surface area contributed by atoms with Gasteiger partial charge in [0.2, 0.25) is 5.91 Å². The number of carbonyl (C=O) groups excluding carboxylic acids is 1. The number of benzene rings is 1. The Morgan fingerprint density at radius 1 is 1.12 bits per heavy atom. The number of aryl methyl sites for hydroxylation is 1. The van der Waals surface area contributed by atoms with Gasteiger partial charge in [-0.25, -0.2) is 0 Å². The molecule has 1 atom stereocenters. The van der Waals surface area contributed by atoms with E-state index in [0.717, 1.165) is 24.0 Å². The molecule has 1 amide bonds. The number of aliphatic carboxylic acids is 1. The van der Waals surface area contributed by atoms with E-state index in [9.17, 15) is 14.7 Å². The van der Waals surface area contributed by atoms with E-state index in [4.69, 9.17) is 0 Å². The summed E-state index contributed by atoms with van der Waals surface area (Å²) in [7, 11) is 0. The maximum Gasteiger partial charge on any atom is 0.325 e. The topological polar surface area (TPSA) is 60.9 Å². The van der Waals surface area contributed by atoms with Crippen molar-refractivity contribution in [1.29, 1.82) is 0 Å². The second-order valence-corrected chi connectivity index (χ2v) is 6.66. The number of hydrogen-bond acceptors (Lipinski definition) is 3. The Bertz CT molecular complexity index is 640. The molecule has 0 radical (unpaired) electrons. The SMILES string of the molecule is Cc1cccc(C(C(=O)O)N2CCN(C(=O)C3CC=CC3)CC2)c1. The monoisotopic (exact) mass is 328 g/mol. The molecule has 128 valence electrons. The van der Waals surface area contributed by atoms with Gasteiger partial charge in [-0.1, -0.05) is 42.0 Å². The maximum atomic E-state index is 12.5. The minimum atomic E-state index is -0.833. The fraction of sp³-hybridized carbons (Fsp3) is 0.474. The van der Waals surface area contributed by atoms with E-state index in [1.54, 1.807) is 0 Å². The molecule has 24 heavy (non-hydrogen) atoms. The van der Waals surface area contributed by atoms with Crippen LogP contribution in [0.5, 0.6) is 0 Å². The lowest BCUT2D eigenvalue weighted by atomic mass is 10.0. The van der Waals surface area contributed by atoms with Gasteiger partial charge in [0.25, 0.3) is 0 Å². The van der Waals surface area contributed by atoms with Gasteiger partial charge in [0.1, 0.15) is 6.04 Å². The van der Waals surface area contributed by atoms with Gasteiger partial charge in [-0.15, -0.1) is 0 Å². The van der Waals surface area contributed by atoms with E-state index in [2.05, 4.69) is 12.2 Å². The summed E-state index contributed by atoms with van der Waals surface area (Å²) in [4.78, 5) is 28.1. The predicted octanol–water partition coefficient (Wildman–Crippen LogP) is 2.23. The van der Waals surface area contributed by atoms with Crippen molar-refractivity contribution in [2.45, 2.75) is 25.8 Å². The van der Waals surface area contributed by atoms with Gasteiger partial charge in [-0.2, -0.15) is 0 Å². The molecular weight excluding hydrogens is 304 g/mol. The number of piperazine rings is 1. The Balaban J connectivity index is 1.65. The molecule has 1 saturated heterocycles. The summed E-state index contributed by atoms with van der Waals surface area (Å²) in [6.07, 6.45) is 5.80. The highest BCUT2D eigenvalue weighted by Crippen LogP contribution is 2.25. The van der Waals surface area contributed by atoms with Gasteiger partial charge < -0.3 is 10.0 Å². The number of rotatable bonds is 4. The third-order valence-corrected chi connectivity index (χ3v) is 4.94. The van der Waals surface area contributed by atoms with Crippen molar-refractivity contribution < 1.29 is 14.7 Å². The van der Waals surface area contributed by atoms with E-state index >= 15 is 0 Å². The molecule has 1 unspecified atom stereocenters. The van der Waals surface area contributed by atoms with Crippen molar-refractivity contribution in [3.8, 4) is 0 Å². The molecule has 0 spiro atoms. The number of carbonyl (C=O) groups is 2. The Hall–Kier alpha value is -2.14. The quantitative estimate of drug-likeness (QED) is 0.861. The zero-order valence-corrected chi connectivity index (χ0v) is 14.0. The lowest BCUT2D eigenvalue weighted by molar-refractivity contribution is -0.145. The average Bonchev–Trinajstić information content (AvgIpc) is 3.09. The molecule has 5 heteroatoms. The highest BCUT2D eigenvalue weighted by molar-refractivity contribution is 5.80. The fourth-order valence-electron chi connectivity index (χ4n) is 3.63. The first-order valence-corrected chi connectivity index (χ1v) is 8.53. The normalized spacial score (nSPS) is 20.3. The number of allylic oxidation sites excluding steroid dienone is 2. The Morgan fingerprint density at radius 3 is 2.38 bits per heavy atom. The molecule has 0 aromatic heterocycles. The van der Waals surface area contributed by atoms with Crippen molar-refractivity contribution in [2.24, 2.45) is 5.92 Å². The zero-order chi connectivity index (χ0) is 17.1. The van der Waals surface area contributed by atoms with Crippen LogP contribution < -0.4 is 0 Å². The van der Waals surface area contributed by atoms with E-state index in [1.165, 1.54) is 0 Å². The number of hydrogen-bond donors (Lipinski definition) is 1. The molecule has 1 aliphatic heterocycles. The number of carboxylic acids is 1. The molecule has 0 bridgehead atoms. The van der Waals surface area contributed by atoms with Crippen molar-refractivity contribution in [1.82, 2.24) is 9.80 Å². The van der Waals surface area contributed by atoms with Gasteiger partial charge >= 0.3 is 5.97 Å². The number of carboxylic acid groups (broad SMARTS) is 1. The fourth-order valence-corrected chi connectivity index (χ4v) is 3.63. The first kappa shape index (κ1) is 16.7. The first-order chi connectivity index (χ1) is 11.6. The minimum Gasteiger partial charge on any atom is -0.480 e. The Morgan fingerprint density at radius 2 is 1.79 bits per heavy atom. The summed E-state index contributed by atoms with van der Waals surface area (Å²) in [6, 6.07) is 7.02. The van der Waals surface area contributed by atoms with Crippen molar-refractivity contribution in [2.75, 3.05) is 26.2 Å². The summed E-state index contributed by atoms with van der Waals surface area (Å²) in [5.41, 5.74) is 1.86. The second-order valence-electron chi connectivity index (χ2n) is 6.66. The molecule has 1 aromatic carbocycles. The molecule has 1 fully saturated rings. The smallest absolute Gasteiger partial charge is 0.325 e. The van der Waals surface area contributed by atoms with Gasteiger partial charge in [0.15, 0.2) is 0 Å². The summed E-state index contributed by atoms with van der Waals surface area (Å²) in [5.74, 6) is -0.536. The van der Waals surface area contributed by atoms with Gasteiger partial charge in [-0.05, 0) is 25.3 Å². The third kappa shape index (κ3) is 3.51. The third-order valence-electron chi connectivity index (χ3n) is 4.94. The first-order valence-electron chi connectivity index (χ1n) is 8.53. The van der Waals surface area contributed by atoms with Gasteiger partial charge in [0, 0.05) is 32.1 Å². The van der Waals surface area contributed by atoms with E-state index in [1.807, 2.05) is 41.0 Å². The van der Waals surface area contributed by atoms with Crippen LogP contribution in [0.1, 0.15) is 30.0 Å². The molecule has 1 heterocycles. The standard InChI is InChI=1S/C19H24N2O3/c1-14-5-4-8-16(13-14)17(19(23)24)20-9-11-21(12-10-20)18(22)15-6-2-3-7-15/h2-5,8,13,15,17H,6-7,9-12H2,1H3,(H,23,24). The van der Waals surface area contributed by atoms with Crippen LogP contribution in [-0.4, -0.2) is 53.0 Å². The maximum absolute atomic E-state index is 12.5. The Labute approximate surface area is 142 Å². The molecule has 0 saturated carbocycles. The lowest BCUT2D eigenvalue weighted by Gasteiger charge is -2.38. The van der Waals surface area contributed by atoms with Crippen LogP contribution >= 0.6 is 0 Å². The highest BCUT2D eigenvalue weighted by atomic mass is 16.4. The number of amides is 1. The van der Waals surface area contributed by atoms with E-state index in [0.29, 0.717) is 26.2 Å². The molecule has 1 aliphatic carbocycles. The largest absolute Gasteiger partial charge is 0.480 e. The lowest BCUT2D eigenvalue weighted by Crippen LogP contribution is -2.52. The summed E-state index contributed by atoms with van der Waals surface area (Å²) < 4.78 is 0. The molecule has 3 rings (SSSR count). The molecule has 1 aromatic rings. The van der Waals surface area contributed by atoms with E-state index in [-0.39, 0.29) is 11.8 Å². The Kier molecular flexibility index (Phi) is 5.00. The molecule has 5 nitrogen and oxygen atoms in total. The summed E-state index contributed by atoms with van der Waals surface area (Å²) >= 11 is 0. The minimum absolute atomic E-state index is 0.0867. The summed E-state index contributed by atoms with van der Waals surface area (Å²) in [5, 5.41) is 9.69. The van der Waals surface area contributed by atoms with Gasteiger partial charge in [0.05, 0.1) is 0 Å². The van der Waals surface area contributed by atoms with Crippen LogP contribution in [0.3, 0.4) is 0 Å². The highest BCUT2D eigenvalue weighted by Gasteiger charge is 2.33. The van der Waals surface area contributed by atoms with E-state index < -0.39 is 12.0 Å². The predicted molar refractivity (Wildman–Crippen MR) is 91.6 cm³/mol. The van der Waals surface area contributed by atoms with Crippen LogP contribution in [0.25, 0.3) is 0 Å². The van der Waals surface area contributed by atoms with Crippen LogP contribution in [0.4, 0.5) is 0 Å². The van der Waals surface area contributed by atoms with Gasteiger partial charge in [-0.3, -0.25) is 14.5 Å².